The van der Waals surface area contributed by atoms with Gasteiger partial charge in [0.2, 0.25) is 0 Å². The van der Waals surface area contributed by atoms with E-state index in [2.05, 4.69) is 16.4 Å². The predicted molar refractivity (Wildman–Crippen MR) is 62.7 cm³/mol. The topological polar surface area (TPSA) is 82.9 Å². The molecule has 0 radical (unpaired) electrons. The smallest absolute Gasteiger partial charge is 0.328 e. The molecule has 16 heavy (non-hydrogen) atoms. The standard InChI is InChI=1S/C11H14N4O/c12-15-11(16)13-6-5-8-7-14-10-4-2-1-3-9(8)10/h1-4,7,14H,5-6,12H2,(H2,13,15,16). The van der Waals surface area contributed by atoms with Gasteiger partial charge in [0.15, 0.2) is 0 Å². The monoisotopic (exact) mass is 218 g/mol. The largest absolute Gasteiger partial charge is 0.361 e. The fraction of sp³-hybridized carbons (Fsp3) is 0.182. The van der Waals surface area contributed by atoms with Gasteiger partial charge < -0.3 is 10.3 Å². The van der Waals surface area contributed by atoms with Crippen molar-refractivity contribution in [2.45, 2.75) is 6.42 Å². The third kappa shape index (κ3) is 2.14. The maximum atomic E-state index is 10.8. The van der Waals surface area contributed by atoms with Crippen molar-refractivity contribution in [2.75, 3.05) is 6.54 Å². The number of carbonyl (C=O) groups excluding carboxylic acids is 1. The summed E-state index contributed by atoms with van der Waals surface area (Å²) in [6, 6.07) is 7.71. The van der Waals surface area contributed by atoms with Crippen LogP contribution in [0, 0.1) is 0 Å². The molecule has 1 heterocycles. The van der Waals surface area contributed by atoms with Crippen LogP contribution in [0.4, 0.5) is 4.79 Å². The first-order valence-electron chi connectivity index (χ1n) is 5.10. The quantitative estimate of drug-likeness (QED) is 0.350. The van der Waals surface area contributed by atoms with E-state index in [0.29, 0.717) is 6.54 Å². The number of hydrazine groups is 1. The highest BCUT2D eigenvalue weighted by atomic mass is 16.2. The zero-order valence-corrected chi connectivity index (χ0v) is 8.79. The normalized spacial score (nSPS) is 10.3. The molecule has 1 aromatic heterocycles. The number of carbonyl (C=O) groups is 1. The van der Waals surface area contributed by atoms with Gasteiger partial charge in [-0.15, -0.1) is 0 Å². The van der Waals surface area contributed by atoms with E-state index in [1.54, 1.807) is 0 Å². The van der Waals surface area contributed by atoms with E-state index in [-0.39, 0.29) is 6.03 Å². The number of rotatable bonds is 3. The zero-order chi connectivity index (χ0) is 11.4. The molecule has 0 aliphatic rings. The van der Waals surface area contributed by atoms with Gasteiger partial charge in [0.1, 0.15) is 0 Å². The Hall–Kier alpha value is -2.01. The fourth-order valence-electron chi connectivity index (χ4n) is 1.70. The Balaban J connectivity index is 2.02. The first kappa shape index (κ1) is 10.5. The maximum absolute atomic E-state index is 10.8. The fourth-order valence-corrected chi connectivity index (χ4v) is 1.70. The number of nitrogens with two attached hydrogens (primary N) is 1. The molecule has 0 spiro atoms. The van der Waals surface area contributed by atoms with Crippen LogP contribution in [-0.2, 0) is 6.42 Å². The van der Waals surface area contributed by atoms with Gasteiger partial charge in [0, 0.05) is 23.6 Å². The number of urea groups is 1. The SMILES string of the molecule is NNC(=O)NCCc1c[nH]c2ccccc12. The van der Waals surface area contributed by atoms with E-state index >= 15 is 0 Å². The maximum Gasteiger partial charge on any atom is 0.328 e. The number of H-pyrrole nitrogens is 1. The molecule has 2 rings (SSSR count). The average molecular weight is 218 g/mol. The Morgan fingerprint density at radius 3 is 3.00 bits per heavy atom. The third-order valence-electron chi connectivity index (χ3n) is 2.49. The van der Waals surface area contributed by atoms with Crippen LogP contribution >= 0.6 is 0 Å². The summed E-state index contributed by atoms with van der Waals surface area (Å²) < 4.78 is 0. The Bertz CT molecular complexity index is 491. The first-order valence-corrected chi connectivity index (χ1v) is 5.10. The molecule has 0 saturated heterocycles. The van der Waals surface area contributed by atoms with Crippen LogP contribution in [0.5, 0.6) is 0 Å². The molecular weight excluding hydrogens is 204 g/mol. The molecule has 0 bridgehead atoms. The van der Waals surface area contributed by atoms with E-state index in [4.69, 9.17) is 5.84 Å². The number of fused-ring (bicyclic) bond motifs is 1. The van der Waals surface area contributed by atoms with E-state index < -0.39 is 0 Å². The number of hydrogen-bond donors (Lipinski definition) is 4. The Kier molecular flexibility index (Phi) is 3.07. The molecule has 0 unspecified atom stereocenters. The zero-order valence-electron chi connectivity index (χ0n) is 8.79. The highest BCUT2D eigenvalue weighted by Gasteiger charge is 2.03. The van der Waals surface area contributed by atoms with Crippen LogP contribution in [0.15, 0.2) is 30.5 Å². The molecule has 2 aromatic rings. The van der Waals surface area contributed by atoms with Crippen molar-refractivity contribution in [3.05, 3.63) is 36.0 Å². The second-order valence-electron chi connectivity index (χ2n) is 3.51. The van der Waals surface area contributed by atoms with Gasteiger partial charge in [-0.1, -0.05) is 18.2 Å². The molecule has 5 nitrogen and oxygen atoms in total. The molecule has 0 aliphatic carbocycles. The van der Waals surface area contributed by atoms with E-state index in [9.17, 15) is 4.79 Å². The van der Waals surface area contributed by atoms with Crippen molar-refractivity contribution in [3.8, 4) is 0 Å². The van der Waals surface area contributed by atoms with Crippen LogP contribution in [-0.4, -0.2) is 17.6 Å². The molecule has 0 atom stereocenters. The minimum Gasteiger partial charge on any atom is -0.361 e. The number of benzene rings is 1. The van der Waals surface area contributed by atoms with Gasteiger partial charge in [-0.3, -0.25) is 5.43 Å². The second-order valence-corrected chi connectivity index (χ2v) is 3.51. The average Bonchev–Trinajstić information content (AvgIpc) is 2.73. The van der Waals surface area contributed by atoms with E-state index in [1.807, 2.05) is 29.8 Å². The summed E-state index contributed by atoms with van der Waals surface area (Å²) in [4.78, 5) is 14.0. The number of hydrogen-bond acceptors (Lipinski definition) is 2. The first-order chi connectivity index (χ1) is 7.81. The van der Waals surface area contributed by atoms with Gasteiger partial charge in [0.05, 0.1) is 0 Å². The molecule has 0 saturated carbocycles. The van der Waals surface area contributed by atoms with Crippen molar-refractivity contribution < 1.29 is 4.79 Å². The van der Waals surface area contributed by atoms with Crippen molar-refractivity contribution in [2.24, 2.45) is 5.84 Å². The number of aromatic amines is 1. The Morgan fingerprint density at radius 1 is 1.38 bits per heavy atom. The summed E-state index contributed by atoms with van der Waals surface area (Å²) >= 11 is 0. The molecule has 84 valence electrons. The van der Waals surface area contributed by atoms with E-state index in [0.717, 1.165) is 11.9 Å². The van der Waals surface area contributed by atoms with Gasteiger partial charge in [-0.05, 0) is 18.1 Å². The predicted octanol–water partition coefficient (Wildman–Crippen LogP) is 0.883. The third-order valence-corrected chi connectivity index (χ3v) is 2.49. The number of aromatic nitrogens is 1. The summed E-state index contributed by atoms with van der Waals surface area (Å²) in [5, 5.41) is 3.84. The highest BCUT2D eigenvalue weighted by molar-refractivity contribution is 5.83. The second kappa shape index (κ2) is 4.67. The summed E-state index contributed by atoms with van der Waals surface area (Å²) in [6.07, 6.45) is 2.74. The van der Waals surface area contributed by atoms with Gasteiger partial charge in [0.25, 0.3) is 0 Å². The minimum absolute atomic E-state index is 0.361. The number of para-hydroxylation sites is 1. The molecular formula is C11H14N4O. The number of nitrogens with one attached hydrogen (secondary N) is 3. The lowest BCUT2D eigenvalue weighted by atomic mass is 10.1. The Labute approximate surface area is 93.0 Å². The van der Waals surface area contributed by atoms with Gasteiger partial charge in [-0.2, -0.15) is 0 Å². The van der Waals surface area contributed by atoms with Crippen molar-refractivity contribution in [1.29, 1.82) is 0 Å². The van der Waals surface area contributed by atoms with Crippen LogP contribution < -0.4 is 16.6 Å². The summed E-state index contributed by atoms with van der Waals surface area (Å²) in [7, 11) is 0. The summed E-state index contributed by atoms with van der Waals surface area (Å²) in [5.74, 6) is 4.95. The van der Waals surface area contributed by atoms with Gasteiger partial charge in [-0.25, -0.2) is 10.6 Å². The van der Waals surface area contributed by atoms with Crippen molar-refractivity contribution >= 4 is 16.9 Å². The van der Waals surface area contributed by atoms with Crippen molar-refractivity contribution in [3.63, 3.8) is 0 Å². The van der Waals surface area contributed by atoms with Crippen LogP contribution in [0.25, 0.3) is 10.9 Å². The number of amides is 2. The lowest BCUT2D eigenvalue weighted by Gasteiger charge is -2.02. The van der Waals surface area contributed by atoms with E-state index in [1.165, 1.54) is 10.9 Å². The minimum atomic E-state index is -0.361. The molecule has 5 N–H and O–H groups in total. The van der Waals surface area contributed by atoms with Crippen LogP contribution in [0.1, 0.15) is 5.56 Å². The lowest BCUT2D eigenvalue weighted by molar-refractivity contribution is 0.241. The summed E-state index contributed by atoms with van der Waals surface area (Å²) in [5.41, 5.74) is 4.32. The van der Waals surface area contributed by atoms with Crippen LogP contribution in [0.2, 0.25) is 0 Å². The lowest BCUT2D eigenvalue weighted by Crippen LogP contribution is -2.40. The van der Waals surface area contributed by atoms with Gasteiger partial charge >= 0.3 is 6.03 Å². The molecule has 5 heteroatoms. The summed E-state index contributed by atoms with van der Waals surface area (Å²) in [6.45, 7) is 0.560. The van der Waals surface area contributed by atoms with Crippen molar-refractivity contribution in [1.82, 2.24) is 15.7 Å². The molecule has 2 amide bonds. The highest BCUT2D eigenvalue weighted by Crippen LogP contribution is 2.17. The Morgan fingerprint density at radius 2 is 2.19 bits per heavy atom. The van der Waals surface area contributed by atoms with Crippen LogP contribution in [0.3, 0.4) is 0 Å². The molecule has 1 aromatic carbocycles. The molecule has 0 aliphatic heterocycles. The molecule has 0 fully saturated rings.